The van der Waals surface area contributed by atoms with Gasteiger partial charge in [-0.25, -0.2) is 9.97 Å². The number of anilines is 2. The van der Waals surface area contributed by atoms with Crippen LogP contribution in [0.4, 0.5) is 10.0 Å². The topological polar surface area (TPSA) is 79.9 Å². The Morgan fingerprint density at radius 1 is 0.468 bits per heavy atom. The minimum absolute atomic E-state index is 0.00868. The van der Waals surface area contributed by atoms with Gasteiger partial charge in [-0.05, 0) is 74.1 Å². The van der Waals surface area contributed by atoms with Gasteiger partial charge in [-0.3, -0.25) is 14.6 Å². The van der Waals surface area contributed by atoms with Crippen LogP contribution in [0.5, 0.6) is 0 Å². The molecule has 6 aromatic rings. The van der Waals surface area contributed by atoms with Crippen LogP contribution in [0.25, 0.3) is 0 Å². The molecule has 4 aromatic carbocycles. The van der Waals surface area contributed by atoms with Crippen LogP contribution in [0.2, 0.25) is 0 Å². The second-order valence-corrected chi connectivity index (χ2v) is 19.3. The zero-order valence-electron chi connectivity index (χ0n) is 35.6. The van der Waals surface area contributed by atoms with Crippen LogP contribution in [-0.2, 0) is 0 Å². The molecule has 4 saturated heterocycles. The average Bonchev–Trinajstić information content (AvgIpc) is 4.01. The molecule has 0 spiro atoms. The zero-order valence-corrected chi connectivity index (χ0v) is 37.2. The summed E-state index contributed by atoms with van der Waals surface area (Å²) in [6.07, 6.45) is 4.18. The standard InChI is InChI=1S/C51H58N8OS2/c60-47(43-50(61-48(54-43)41-21-25-52-26-22-41)58-33-29-56(30-34-58)45(37-13-5-1-6-14-37)38-15-7-2-8-16-38)44-51(62-49(55-44)42-23-27-53-28-24-42)59-35-31-57(32-36-59)46(39-17-9-3-10-18-39)40-19-11-4-12-20-40/h1-20,41-42,45-46,52-53H,21-36H2. The van der Waals surface area contributed by atoms with Gasteiger partial charge in [0, 0.05) is 64.2 Å². The van der Waals surface area contributed by atoms with Gasteiger partial charge in [0.15, 0.2) is 0 Å². The summed E-state index contributed by atoms with van der Waals surface area (Å²) in [5.41, 5.74) is 6.46. The lowest BCUT2D eigenvalue weighted by atomic mass is 9.96. The molecule has 2 aromatic heterocycles. The van der Waals surface area contributed by atoms with Crippen molar-refractivity contribution in [1.29, 1.82) is 0 Å². The summed E-state index contributed by atoms with van der Waals surface area (Å²) in [6.45, 7) is 10.8. The van der Waals surface area contributed by atoms with Gasteiger partial charge in [-0.2, -0.15) is 0 Å². The van der Waals surface area contributed by atoms with Crippen LogP contribution in [-0.4, -0.2) is 104 Å². The molecule has 10 rings (SSSR count). The summed E-state index contributed by atoms with van der Waals surface area (Å²) in [7, 11) is 0. The van der Waals surface area contributed by atoms with E-state index in [0.29, 0.717) is 23.2 Å². The van der Waals surface area contributed by atoms with Gasteiger partial charge in [0.05, 0.1) is 22.1 Å². The number of piperidine rings is 2. The van der Waals surface area contributed by atoms with E-state index < -0.39 is 0 Å². The normalized spacial score (nSPS) is 18.8. The number of benzene rings is 4. The molecule has 11 heteroatoms. The van der Waals surface area contributed by atoms with E-state index in [2.05, 4.69) is 152 Å². The summed E-state index contributed by atoms with van der Waals surface area (Å²) in [5.74, 6) is 0.711. The molecule has 0 bridgehead atoms. The molecule has 320 valence electrons. The minimum atomic E-state index is -0.00868. The van der Waals surface area contributed by atoms with Gasteiger partial charge >= 0.3 is 0 Å². The largest absolute Gasteiger partial charge is 0.359 e. The highest BCUT2D eigenvalue weighted by atomic mass is 32.1. The van der Waals surface area contributed by atoms with Crippen molar-refractivity contribution in [3.05, 3.63) is 165 Å². The average molecular weight is 863 g/mol. The van der Waals surface area contributed by atoms with E-state index in [1.165, 1.54) is 22.3 Å². The fourth-order valence-corrected chi connectivity index (χ4v) is 12.7. The molecule has 0 saturated carbocycles. The first kappa shape index (κ1) is 41.3. The maximum atomic E-state index is 15.4. The third-order valence-electron chi connectivity index (χ3n) is 13.5. The zero-order chi connectivity index (χ0) is 41.7. The first-order valence-electron chi connectivity index (χ1n) is 22.8. The first-order chi connectivity index (χ1) is 30.7. The molecule has 0 amide bonds. The minimum Gasteiger partial charge on any atom is -0.359 e. The third kappa shape index (κ3) is 8.89. The van der Waals surface area contributed by atoms with E-state index in [0.717, 1.165) is 124 Å². The molecule has 9 nitrogen and oxygen atoms in total. The molecule has 4 aliphatic rings. The van der Waals surface area contributed by atoms with E-state index in [-0.39, 0.29) is 17.9 Å². The number of rotatable bonds is 12. The van der Waals surface area contributed by atoms with Crippen molar-refractivity contribution < 1.29 is 4.79 Å². The Kier molecular flexibility index (Phi) is 12.9. The highest BCUT2D eigenvalue weighted by molar-refractivity contribution is 7.17. The lowest BCUT2D eigenvalue weighted by Gasteiger charge is -2.40. The molecule has 6 heterocycles. The van der Waals surface area contributed by atoms with Crippen molar-refractivity contribution >= 4 is 38.5 Å². The summed E-state index contributed by atoms with van der Waals surface area (Å²) in [5, 5.41) is 11.3. The molecular formula is C51H58N8OS2. The Hall–Kier alpha value is -4.75. The Bertz CT molecular complexity index is 2100. The molecule has 0 atom stereocenters. The molecule has 62 heavy (non-hydrogen) atoms. The van der Waals surface area contributed by atoms with Crippen LogP contribution in [0, 0.1) is 0 Å². The number of carbonyl (C=O) groups excluding carboxylic acids is 1. The van der Waals surface area contributed by atoms with Gasteiger partial charge < -0.3 is 20.4 Å². The van der Waals surface area contributed by atoms with E-state index in [1.54, 1.807) is 22.7 Å². The van der Waals surface area contributed by atoms with Crippen molar-refractivity contribution in [2.24, 2.45) is 0 Å². The Balaban J connectivity index is 0.949. The van der Waals surface area contributed by atoms with Crippen LogP contribution < -0.4 is 20.4 Å². The van der Waals surface area contributed by atoms with Crippen LogP contribution in [0.1, 0.15) is 98.1 Å². The predicted molar refractivity (Wildman–Crippen MR) is 254 cm³/mol. The van der Waals surface area contributed by atoms with E-state index >= 15 is 4.79 Å². The predicted octanol–water partition coefficient (Wildman–Crippen LogP) is 8.59. The van der Waals surface area contributed by atoms with Crippen LogP contribution >= 0.6 is 22.7 Å². The number of piperazine rings is 2. The molecular weight excluding hydrogens is 805 g/mol. The van der Waals surface area contributed by atoms with Crippen LogP contribution in [0.3, 0.4) is 0 Å². The fourth-order valence-electron chi connectivity index (χ4n) is 10.1. The van der Waals surface area contributed by atoms with Gasteiger partial charge in [-0.15, -0.1) is 22.7 Å². The molecule has 0 aliphatic carbocycles. The van der Waals surface area contributed by atoms with E-state index in [1.807, 2.05) is 0 Å². The number of ketones is 1. The SMILES string of the molecule is O=C(c1nc(C2CCNCC2)sc1N1CCN(C(c2ccccc2)c2ccccc2)CC1)c1nc(C2CCNCC2)sc1N1CCN(C(c2ccccc2)c2ccccc2)CC1. The number of carbonyl (C=O) groups is 1. The Labute approximate surface area is 374 Å². The number of hydrogen-bond acceptors (Lipinski definition) is 11. The van der Waals surface area contributed by atoms with Crippen molar-refractivity contribution in [2.75, 3.05) is 88.3 Å². The number of nitrogens with zero attached hydrogens (tertiary/aromatic N) is 6. The number of aromatic nitrogens is 2. The van der Waals surface area contributed by atoms with Crippen LogP contribution in [0.15, 0.2) is 121 Å². The highest BCUT2D eigenvalue weighted by Crippen LogP contribution is 2.43. The van der Waals surface area contributed by atoms with E-state index in [9.17, 15) is 0 Å². The number of nitrogens with one attached hydrogen (secondary N) is 2. The maximum Gasteiger partial charge on any atom is 0.235 e. The summed E-state index contributed by atoms with van der Waals surface area (Å²) < 4.78 is 0. The summed E-state index contributed by atoms with van der Waals surface area (Å²) in [6, 6.07) is 44.0. The molecule has 0 unspecified atom stereocenters. The van der Waals surface area contributed by atoms with Gasteiger partial charge in [0.2, 0.25) is 5.78 Å². The monoisotopic (exact) mass is 862 g/mol. The fraction of sp³-hybridized carbons (Fsp3) is 0.392. The third-order valence-corrected chi connectivity index (χ3v) is 16.0. The lowest BCUT2D eigenvalue weighted by molar-refractivity contribution is 0.103. The second-order valence-electron chi connectivity index (χ2n) is 17.3. The Morgan fingerprint density at radius 3 is 1.08 bits per heavy atom. The smallest absolute Gasteiger partial charge is 0.235 e. The quantitative estimate of drug-likeness (QED) is 0.118. The highest BCUT2D eigenvalue weighted by Gasteiger charge is 2.36. The van der Waals surface area contributed by atoms with E-state index in [4.69, 9.17) is 9.97 Å². The number of hydrogen-bond donors (Lipinski definition) is 2. The van der Waals surface area contributed by atoms with Crippen molar-refractivity contribution in [2.45, 2.75) is 49.6 Å². The second kappa shape index (κ2) is 19.3. The van der Waals surface area contributed by atoms with Crippen molar-refractivity contribution in [3.63, 3.8) is 0 Å². The summed E-state index contributed by atoms with van der Waals surface area (Å²) >= 11 is 3.54. The molecule has 4 aliphatic heterocycles. The number of thiazole rings is 2. The van der Waals surface area contributed by atoms with Crippen molar-refractivity contribution in [1.82, 2.24) is 30.4 Å². The molecule has 4 fully saturated rings. The maximum absolute atomic E-state index is 15.4. The van der Waals surface area contributed by atoms with Gasteiger partial charge in [-0.1, -0.05) is 121 Å². The lowest BCUT2D eigenvalue weighted by Crippen LogP contribution is -2.48. The van der Waals surface area contributed by atoms with Crippen molar-refractivity contribution in [3.8, 4) is 0 Å². The van der Waals surface area contributed by atoms with Gasteiger partial charge in [0.1, 0.15) is 21.4 Å². The molecule has 0 radical (unpaired) electrons. The summed E-state index contributed by atoms with van der Waals surface area (Å²) in [4.78, 5) is 36.3. The Morgan fingerprint density at radius 2 is 0.774 bits per heavy atom. The molecule has 2 N–H and O–H groups in total. The first-order valence-corrected chi connectivity index (χ1v) is 24.5. The van der Waals surface area contributed by atoms with Gasteiger partial charge in [0.25, 0.3) is 0 Å².